The number of hydrogen-bond acceptors (Lipinski definition) is 2. The number of likely N-dealkylation sites (N-methyl/N-ethyl adjacent to an activating group) is 1. The van der Waals surface area contributed by atoms with E-state index >= 15 is 0 Å². The summed E-state index contributed by atoms with van der Waals surface area (Å²) < 4.78 is 0. The summed E-state index contributed by atoms with van der Waals surface area (Å²) in [6.07, 6.45) is 4.47. The molecule has 64 valence electrons. The van der Waals surface area contributed by atoms with Crippen LogP contribution >= 0.6 is 0 Å². The molecule has 0 radical (unpaired) electrons. The molecule has 12 heavy (non-hydrogen) atoms. The van der Waals surface area contributed by atoms with Crippen LogP contribution in [0.25, 0.3) is 0 Å². The van der Waals surface area contributed by atoms with Crippen LogP contribution in [0.4, 0.5) is 0 Å². The van der Waals surface area contributed by atoms with E-state index in [-0.39, 0.29) is 0 Å². The van der Waals surface area contributed by atoms with E-state index < -0.39 is 0 Å². The molecule has 0 spiro atoms. The lowest BCUT2D eigenvalue weighted by molar-refractivity contribution is 0.140. The van der Waals surface area contributed by atoms with Gasteiger partial charge < -0.3 is 4.98 Å². The third kappa shape index (κ3) is 0.672. The molecule has 2 atom stereocenters. The van der Waals surface area contributed by atoms with Crippen molar-refractivity contribution in [3.05, 3.63) is 17.7 Å². The Bertz CT molecular complexity index is 304. The lowest BCUT2D eigenvalue weighted by atomic mass is 9.81. The molecule has 2 bridgehead atoms. The van der Waals surface area contributed by atoms with Crippen LogP contribution in [-0.2, 0) is 0 Å². The van der Waals surface area contributed by atoms with Crippen LogP contribution in [0.1, 0.15) is 36.2 Å². The molecule has 1 aromatic heterocycles. The first-order valence-electron chi connectivity index (χ1n) is 4.59. The van der Waals surface area contributed by atoms with E-state index in [2.05, 4.69) is 21.9 Å². The monoisotopic (exact) mass is 163 g/mol. The van der Waals surface area contributed by atoms with Gasteiger partial charge in [0, 0.05) is 12.5 Å². The Labute approximate surface area is 71.8 Å². The Morgan fingerprint density at radius 1 is 1.58 bits per heavy atom. The second-order valence-corrected chi connectivity index (χ2v) is 3.93. The summed E-state index contributed by atoms with van der Waals surface area (Å²) in [4.78, 5) is 10.1. The Morgan fingerprint density at radius 3 is 3.33 bits per heavy atom. The molecule has 2 aliphatic heterocycles. The van der Waals surface area contributed by atoms with Gasteiger partial charge in [0.05, 0.1) is 23.8 Å². The first-order valence-corrected chi connectivity index (χ1v) is 4.59. The van der Waals surface area contributed by atoms with Crippen molar-refractivity contribution in [2.75, 3.05) is 13.6 Å². The minimum absolute atomic E-state index is 0.618. The highest BCUT2D eigenvalue weighted by atomic mass is 15.2. The highest BCUT2D eigenvalue weighted by Crippen LogP contribution is 2.43. The summed E-state index contributed by atoms with van der Waals surface area (Å²) in [5.41, 5.74) is 2.71. The topological polar surface area (TPSA) is 31.9 Å². The number of rotatable bonds is 0. The van der Waals surface area contributed by atoms with Gasteiger partial charge in [0.2, 0.25) is 0 Å². The fraction of sp³-hybridized carbons (Fsp3) is 0.667. The van der Waals surface area contributed by atoms with Crippen molar-refractivity contribution in [1.82, 2.24) is 14.9 Å². The lowest BCUT2D eigenvalue weighted by Gasteiger charge is -2.42. The summed E-state index contributed by atoms with van der Waals surface area (Å²) in [6, 6.07) is 0.618. The number of aromatic nitrogens is 2. The molecule has 1 aromatic rings. The van der Waals surface area contributed by atoms with Gasteiger partial charge in [-0.25, -0.2) is 4.98 Å². The lowest BCUT2D eigenvalue weighted by Crippen LogP contribution is -2.39. The Morgan fingerprint density at radius 2 is 2.50 bits per heavy atom. The first kappa shape index (κ1) is 6.66. The van der Waals surface area contributed by atoms with Crippen LogP contribution in [0, 0.1) is 0 Å². The average Bonchev–Trinajstić information content (AvgIpc) is 2.53. The number of fused-ring (bicyclic) bond motifs is 2. The smallest absolute Gasteiger partial charge is 0.0925 e. The second-order valence-electron chi connectivity index (χ2n) is 3.93. The van der Waals surface area contributed by atoms with Gasteiger partial charge in [0.25, 0.3) is 0 Å². The SMILES string of the molecule is CN1CC2CCC1c1[nH]cnc12. The maximum atomic E-state index is 4.39. The molecule has 0 aromatic carbocycles. The van der Waals surface area contributed by atoms with Crippen molar-refractivity contribution < 1.29 is 0 Å². The van der Waals surface area contributed by atoms with E-state index in [1.165, 1.54) is 30.8 Å². The molecular weight excluding hydrogens is 150 g/mol. The van der Waals surface area contributed by atoms with Crippen molar-refractivity contribution in [2.45, 2.75) is 24.8 Å². The number of hydrogen-bond donors (Lipinski definition) is 1. The zero-order valence-corrected chi connectivity index (χ0v) is 7.25. The molecular formula is C9H13N3. The third-order valence-electron chi connectivity index (χ3n) is 3.25. The molecule has 1 N–H and O–H groups in total. The fourth-order valence-corrected chi connectivity index (χ4v) is 2.64. The minimum Gasteiger partial charge on any atom is -0.347 e. The standard InChI is InChI=1S/C9H13N3/c1-12-4-6-2-3-7(12)9-8(6)10-5-11-9/h5-7H,2-4H2,1H3,(H,10,11). The van der Waals surface area contributed by atoms with Crippen LogP contribution in [0.15, 0.2) is 6.33 Å². The number of nitrogens with zero attached hydrogens (tertiary/aromatic N) is 2. The molecule has 3 heterocycles. The van der Waals surface area contributed by atoms with Gasteiger partial charge >= 0.3 is 0 Å². The molecule has 3 nitrogen and oxygen atoms in total. The predicted octanol–water partition coefficient (Wildman–Crippen LogP) is 1.27. The number of H-pyrrole nitrogens is 1. The Balaban J connectivity index is 2.15. The van der Waals surface area contributed by atoms with Crippen molar-refractivity contribution in [2.24, 2.45) is 0 Å². The molecule has 4 rings (SSSR count). The maximum Gasteiger partial charge on any atom is 0.0925 e. The molecule has 3 aliphatic rings. The van der Waals surface area contributed by atoms with E-state index in [4.69, 9.17) is 0 Å². The number of aromatic amines is 1. The molecule has 3 heteroatoms. The van der Waals surface area contributed by atoms with Gasteiger partial charge in [0.1, 0.15) is 0 Å². The quantitative estimate of drug-likeness (QED) is 0.624. The number of nitrogens with one attached hydrogen (secondary N) is 1. The van der Waals surface area contributed by atoms with Gasteiger partial charge in [-0.15, -0.1) is 0 Å². The van der Waals surface area contributed by atoms with E-state index in [0.717, 1.165) is 0 Å². The molecule has 1 saturated heterocycles. The van der Waals surface area contributed by atoms with E-state index in [1.54, 1.807) is 0 Å². The van der Waals surface area contributed by atoms with Crippen LogP contribution < -0.4 is 0 Å². The van der Waals surface area contributed by atoms with Gasteiger partial charge in [0.15, 0.2) is 0 Å². The summed E-state index contributed by atoms with van der Waals surface area (Å²) in [5, 5.41) is 0. The van der Waals surface area contributed by atoms with Crippen molar-refractivity contribution >= 4 is 0 Å². The van der Waals surface area contributed by atoms with Crippen molar-refractivity contribution in [3.8, 4) is 0 Å². The normalized spacial score (nSPS) is 33.8. The number of imidazole rings is 1. The van der Waals surface area contributed by atoms with Gasteiger partial charge in [-0.2, -0.15) is 0 Å². The van der Waals surface area contributed by atoms with E-state index in [9.17, 15) is 0 Å². The molecule has 2 unspecified atom stereocenters. The minimum atomic E-state index is 0.618. The van der Waals surface area contributed by atoms with Crippen LogP contribution in [0.2, 0.25) is 0 Å². The zero-order chi connectivity index (χ0) is 8.13. The van der Waals surface area contributed by atoms with Crippen molar-refractivity contribution in [1.29, 1.82) is 0 Å². The molecule has 1 aliphatic carbocycles. The highest BCUT2D eigenvalue weighted by Gasteiger charge is 2.38. The largest absolute Gasteiger partial charge is 0.347 e. The Kier molecular flexibility index (Phi) is 1.17. The molecule has 0 saturated carbocycles. The summed E-state index contributed by atoms with van der Waals surface area (Å²) >= 11 is 0. The summed E-state index contributed by atoms with van der Waals surface area (Å²) in [6.45, 7) is 1.20. The summed E-state index contributed by atoms with van der Waals surface area (Å²) in [7, 11) is 2.21. The molecule has 1 fully saturated rings. The van der Waals surface area contributed by atoms with Crippen LogP contribution in [0.5, 0.6) is 0 Å². The van der Waals surface area contributed by atoms with Gasteiger partial charge in [-0.05, 0) is 19.9 Å². The predicted molar refractivity (Wildman–Crippen MR) is 45.9 cm³/mol. The second kappa shape index (κ2) is 2.10. The number of piperidine rings is 1. The van der Waals surface area contributed by atoms with E-state index in [1.807, 2.05) is 6.33 Å². The highest BCUT2D eigenvalue weighted by molar-refractivity contribution is 5.27. The first-order chi connectivity index (χ1) is 5.86. The third-order valence-corrected chi connectivity index (χ3v) is 3.25. The van der Waals surface area contributed by atoms with Gasteiger partial charge in [-0.3, -0.25) is 4.90 Å². The average molecular weight is 163 g/mol. The van der Waals surface area contributed by atoms with Gasteiger partial charge in [-0.1, -0.05) is 0 Å². The van der Waals surface area contributed by atoms with E-state index in [0.29, 0.717) is 12.0 Å². The van der Waals surface area contributed by atoms with Crippen molar-refractivity contribution in [3.63, 3.8) is 0 Å². The zero-order valence-electron chi connectivity index (χ0n) is 7.25. The fourth-order valence-electron chi connectivity index (χ4n) is 2.64. The Hall–Kier alpha value is -0.830. The summed E-state index contributed by atoms with van der Waals surface area (Å²) in [5.74, 6) is 0.696. The van der Waals surface area contributed by atoms with Crippen LogP contribution in [0.3, 0.4) is 0 Å². The molecule has 0 amide bonds. The maximum absolute atomic E-state index is 4.39. The van der Waals surface area contributed by atoms with Crippen LogP contribution in [-0.4, -0.2) is 28.5 Å².